The molecule has 0 radical (unpaired) electrons. The van der Waals surface area contributed by atoms with E-state index in [1.165, 1.54) is 81.8 Å². The van der Waals surface area contributed by atoms with Gasteiger partial charge >= 0.3 is 0 Å². The van der Waals surface area contributed by atoms with E-state index in [2.05, 4.69) is 142 Å². The van der Waals surface area contributed by atoms with E-state index in [9.17, 15) is 0 Å². The summed E-state index contributed by atoms with van der Waals surface area (Å²) in [4.78, 5) is 0. The Morgan fingerprint density at radius 1 is 0.667 bits per heavy atom. The number of allylic oxidation sites excluding steroid dienone is 9. The van der Waals surface area contributed by atoms with Crippen molar-refractivity contribution in [2.24, 2.45) is 0 Å². The molecule has 202 valence electrons. The van der Waals surface area contributed by atoms with Crippen LogP contribution in [0.15, 0.2) is 78.4 Å². The predicted octanol–water partition coefficient (Wildman–Crippen LogP) is 9.51. The molecule has 0 unspecified atom stereocenters. The first-order valence-electron chi connectivity index (χ1n) is 14.7. The van der Waals surface area contributed by atoms with Crippen molar-refractivity contribution in [3.8, 4) is 11.1 Å². The van der Waals surface area contributed by atoms with Gasteiger partial charge in [-0.2, -0.15) is 4.57 Å². The number of unbranched alkanes of at least 4 members (excludes halogenated alkanes) is 2. The van der Waals surface area contributed by atoms with Gasteiger partial charge in [-0.15, -0.1) is 0 Å². The maximum atomic E-state index is 2.47. The smallest absolute Gasteiger partial charge is 0.186 e. The first-order chi connectivity index (χ1) is 19.0. The van der Waals surface area contributed by atoms with Crippen LogP contribution in [0.1, 0.15) is 79.0 Å². The summed E-state index contributed by atoms with van der Waals surface area (Å²) in [5.74, 6) is 0. The van der Waals surface area contributed by atoms with Crippen LogP contribution in [-0.2, 0) is 13.1 Å². The van der Waals surface area contributed by atoms with E-state index in [1.807, 2.05) is 0 Å². The number of hydrogen-bond donors (Lipinski definition) is 0. The van der Waals surface area contributed by atoms with Crippen molar-refractivity contribution in [3.05, 3.63) is 118 Å². The Labute approximate surface area is 236 Å². The van der Waals surface area contributed by atoms with Gasteiger partial charge in [0, 0.05) is 49.3 Å². The second-order valence-corrected chi connectivity index (χ2v) is 10.6. The molecule has 39 heavy (non-hydrogen) atoms. The molecule has 3 aliphatic rings. The third-order valence-electron chi connectivity index (χ3n) is 8.02. The molecule has 2 heteroatoms. The van der Waals surface area contributed by atoms with Crippen LogP contribution < -0.4 is 4.57 Å². The lowest BCUT2D eigenvalue weighted by molar-refractivity contribution is -0.704. The van der Waals surface area contributed by atoms with E-state index in [0.717, 1.165) is 13.1 Å². The fourth-order valence-electron chi connectivity index (χ4n) is 5.59. The molecule has 0 fully saturated rings. The summed E-state index contributed by atoms with van der Waals surface area (Å²) in [6, 6.07) is 8.99. The largest absolute Gasteiger partial charge is 0.348 e. The van der Waals surface area contributed by atoms with Crippen LogP contribution in [0.3, 0.4) is 0 Å². The van der Waals surface area contributed by atoms with Crippen LogP contribution in [-0.4, -0.2) is 4.57 Å². The van der Waals surface area contributed by atoms with Gasteiger partial charge in [0.1, 0.15) is 6.54 Å². The van der Waals surface area contributed by atoms with Gasteiger partial charge in [0.2, 0.25) is 0 Å². The number of nitrogens with zero attached hydrogens (tertiary/aromatic N) is 2. The zero-order chi connectivity index (χ0) is 27.8. The minimum atomic E-state index is 1.11. The Bertz CT molecular complexity index is 1370. The van der Waals surface area contributed by atoms with E-state index in [1.54, 1.807) is 0 Å². The van der Waals surface area contributed by atoms with Crippen molar-refractivity contribution in [1.82, 2.24) is 4.57 Å². The molecule has 0 saturated carbocycles. The summed E-state index contributed by atoms with van der Waals surface area (Å²) >= 11 is 0. The average Bonchev–Trinajstić information content (AvgIpc) is 3.14. The molecular weight excluding hydrogens is 472 g/mol. The summed E-state index contributed by atoms with van der Waals surface area (Å²) in [5, 5.41) is 0. The normalized spacial score (nSPS) is 13.4. The van der Waals surface area contributed by atoms with E-state index in [0.29, 0.717) is 0 Å². The lowest BCUT2D eigenvalue weighted by Crippen LogP contribution is -2.37. The van der Waals surface area contributed by atoms with E-state index >= 15 is 0 Å². The van der Waals surface area contributed by atoms with Gasteiger partial charge < -0.3 is 4.57 Å². The Morgan fingerprint density at radius 2 is 1.23 bits per heavy atom. The number of rotatable bonds is 10. The molecule has 0 spiro atoms. The first-order valence-corrected chi connectivity index (χ1v) is 14.7. The predicted molar refractivity (Wildman–Crippen MR) is 170 cm³/mol. The van der Waals surface area contributed by atoms with Crippen LogP contribution in [0.5, 0.6) is 0 Å². The van der Waals surface area contributed by atoms with Gasteiger partial charge in [-0.25, -0.2) is 0 Å². The van der Waals surface area contributed by atoms with Gasteiger partial charge in [-0.1, -0.05) is 106 Å². The van der Waals surface area contributed by atoms with Gasteiger partial charge in [-0.3, -0.25) is 0 Å². The Balaban J connectivity index is 1.38. The number of hydrogen-bond acceptors (Lipinski definition) is 0. The molecule has 2 aliphatic carbocycles. The van der Waals surface area contributed by atoms with Crippen molar-refractivity contribution in [2.75, 3.05) is 0 Å². The Hall–Kier alpha value is -3.65. The van der Waals surface area contributed by atoms with Crippen LogP contribution in [0, 0.1) is 27.7 Å². The molecular formula is C37H45N2+. The minimum absolute atomic E-state index is 1.11. The standard InChI is InChI=1S/C37H45N2/c1-7-9-26-38-28(3)34-22-18-32(19-23-35(34)29(38)4)16-14-12-11-13-15-17-33-20-24-36-30(5)39(27-10-8-2)31(6)37(36)25-21-33/h11-25H,7-10,26-27H2,1-6H3/q+1. The average molecular weight is 518 g/mol. The zero-order valence-electron chi connectivity index (χ0n) is 24.8. The molecule has 1 aromatic heterocycles. The third-order valence-corrected chi connectivity index (χ3v) is 8.02. The van der Waals surface area contributed by atoms with Crippen LogP contribution in [0.2, 0.25) is 0 Å². The quantitative estimate of drug-likeness (QED) is 0.187. The summed E-state index contributed by atoms with van der Waals surface area (Å²) in [6.45, 7) is 15.7. The van der Waals surface area contributed by atoms with Crippen molar-refractivity contribution in [3.63, 3.8) is 0 Å². The van der Waals surface area contributed by atoms with Crippen LogP contribution >= 0.6 is 0 Å². The monoisotopic (exact) mass is 517 g/mol. The van der Waals surface area contributed by atoms with Crippen LogP contribution in [0.25, 0.3) is 29.4 Å². The molecule has 0 bridgehead atoms. The summed E-state index contributed by atoms with van der Waals surface area (Å²) < 4.78 is 4.94. The molecule has 1 aromatic rings. The second kappa shape index (κ2) is 13.4. The van der Waals surface area contributed by atoms with Crippen molar-refractivity contribution in [1.29, 1.82) is 0 Å². The van der Waals surface area contributed by atoms with E-state index in [-0.39, 0.29) is 0 Å². The van der Waals surface area contributed by atoms with Gasteiger partial charge in [0.05, 0.1) is 11.1 Å². The molecule has 2 heterocycles. The molecule has 4 rings (SSSR count). The van der Waals surface area contributed by atoms with E-state index < -0.39 is 0 Å². The fourth-order valence-corrected chi connectivity index (χ4v) is 5.59. The lowest BCUT2D eigenvalue weighted by atomic mass is 10.1. The van der Waals surface area contributed by atoms with Gasteiger partial charge in [0.25, 0.3) is 0 Å². The lowest BCUT2D eigenvalue weighted by Gasteiger charge is -2.08. The zero-order valence-corrected chi connectivity index (χ0v) is 24.8. The summed E-state index contributed by atoms with van der Waals surface area (Å²) in [5.41, 5.74) is 13.3. The maximum absolute atomic E-state index is 2.47. The number of aromatic nitrogens is 2. The SMILES string of the molecule is CCCCn1c(C)c2c(c1C)C=CC(=C/C=C/C=C/C=C/c1ccc3c(C)[n+](CCCC)c(C)c-3cc1)C=C2. The molecule has 0 atom stereocenters. The highest BCUT2D eigenvalue weighted by Gasteiger charge is 2.24. The molecule has 2 nitrogen and oxygen atoms in total. The van der Waals surface area contributed by atoms with E-state index in [4.69, 9.17) is 0 Å². The molecule has 0 aromatic carbocycles. The van der Waals surface area contributed by atoms with Crippen molar-refractivity contribution >= 4 is 18.2 Å². The Kier molecular flexibility index (Phi) is 9.76. The highest BCUT2D eigenvalue weighted by molar-refractivity contribution is 5.75. The topological polar surface area (TPSA) is 8.81 Å². The second-order valence-electron chi connectivity index (χ2n) is 10.6. The van der Waals surface area contributed by atoms with Gasteiger partial charge in [0.15, 0.2) is 11.4 Å². The fraction of sp³-hybridized carbons (Fsp3) is 0.324. The minimum Gasteiger partial charge on any atom is -0.348 e. The molecule has 0 N–H and O–H groups in total. The van der Waals surface area contributed by atoms with Gasteiger partial charge in [-0.05, 0) is 43.5 Å². The first kappa shape index (κ1) is 28.4. The highest BCUT2D eigenvalue weighted by Crippen LogP contribution is 2.29. The highest BCUT2D eigenvalue weighted by atomic mass is 15.0. The summed E-state index contributed by atoms with van der Waals surface area (Å²) in [6.07, 6.45) is 28.7. The van der Waals surface area contributed by atoms with Crippen molar-refractivity contribution < 1.29 is 4.57 Å². The number of fused-ring (bicyclic) bond motifs is 2. The Morgan fingerprint density at radius 3 is 1.82 bits per heavy atom. The van der Waals surface area contributed by atoms with Crippen LogP contribution in [0.4, 0.5) is 0 Å². The third kappa shape index (κ3) is 6.50. The molecule has 0 saturated heterocycles. The maximum Gasteiger partial charge on any atom is 0.186 e. The summed E-state index contributed by atoms with van der Waals surface area (Å²) in [7, 11) is 0. The molecule has 1 aliphatic heterocycles. The molecule has 0 amide bonds. The van der Waals surface area contributed by atoms with Crippen molar-refractivity contribution in [2.45, 2.75) is 80.3 Å².